The van der Waals surface area contributed by atoms with E-state index in [9.17, 15) is 10.1 Å². The normalized spacial score (nSPS) is 28.4. The number of alkyl halides is 1. The van der Waals surface area contributed by atoms with Crippen LogP contribution < -0.4 is 9.47 Å². The van der Waals surface area contributed by atoms with Crippen molar-refractivity contribution in [2.75, 3.05) is 14.2 Å². The zero-order valence-electron chi connectivity index (χ0n) is 19.1. The summed E-state index contributed by atoms with van der Waals surface area (Å²) >= 11 is 0. The maximum atomic E-state index is 16.2. The molecule has 33 heavy (non-hydrogen) atoms. The van der Waals surface area contributed by atoms with Crippen LogP contribution in [-0.2, 0) is 13.0 Å². The highest BCUT2D eigenvalue weighted by molar-refractivity contribution is 6.03. The molecule has 6 heteroatoms. The van der Waals surface area contributed by atoms with Crippen molar-refractivity contribution < 1.29 is 18.7 Å². The van der Waals surface area contributed by atoms with E-state index in [1.807, 2.05) is 30.3 Å². The molecule has 0 radical (unpaired) electrons. The molecule has 3 aliphatic rings. The van der Waals surface area contributed by atoms with Crippen LogP contribution >= 0.6 is 0 Å². The van der Waals surface area contributed by atoms with E-state index in [0.29, 0.717) is 48.4 Å². The minimum absolute atomic E-state index is 0.0145. The predicted molar refractivity (Wildman–Crippen MR) is 122 cm³/mol. The number of carbonyl (C=O) groups is 1. The molecule has 5 rings (SSSR count). The number of methoxy groups -OCH3 is 2. The SMILES string of the molecule is COc1cc2c(cc1OC)C(=O)C(CC1(F)CC3CCC(C1)N3Cc1ccccc1C#N)C2. The number of hydrogen-bond acceptors (Lipinski definition) is 5. The lowest BCUT2D eigenvalue weighted by Gasteiger charge is -2.43. The third-order valence-electron chi connectivity index (χ3n) is 7.79. The molecule has 0 spiro atoms. The van der Waals surface area contributed by atoms with Crippen LogP contribution in [0.5, 0.6) is 11.5 Å². The molecule has 0 amide bonds. The van der Waals surface area contributed by atoms with Gasteiger partial charge in [-0.15, -0.1) is 0 Å². The molecule has 0 aromatic heterocycles. The lowest BCUT2D eigenvalue weighted by Crippen LogP contribution is -2.49. The van der Waals surface area contributed by atoms with E-state index in [-0.39, 0.29) is 30.2 Å². The summed E-state index contributed by atoms with van der Waals surface area (Å²) in [5.41, 5.74) is 1.91. The highest BCUT2D eigenvalue weighted by atomic mass is 19.1. The van der Waals surface area contributed by atoms with Crippen molar-refractivity contribution in [1.82, 2.24) is 4.90 Å². The molecular weight excluding hydrogens is 419 g/mol. The minimum Gasteiger partial charge on any atom is -0.493 e. The number of Topliss-reactive ketones (excluding diaryl/α,β-unsaturated/α-hetero) is 1. The van der Waals surface area contributed by atoms with Crippen molar-refractivity contribution in [2.45, 2.75) is 62.8 Å². The lowest BCUT2D eigenvalue weighted by molar-refractivity contribution is -0.00655. The van der Waals surface area contributed by atoms with Crippen molar-refractivity contribution in [2.24, 2.45) is 5.92 Å². The summed E-state index contributed by atoms with van der Waals surface area (Å²) in [6.45, 7) is 0.683. The van der Waals surface area contributed by atoms with E-state index in [2.05, 4.69) is 11.0 Å². The highest BCUT2D eigenvalue weighted by Gasteiger charge is 2.50. The van der Waals surface area contributed by atoms with Gasteiger partial charge in [-0.3, -0.25) is 9.69 Å². The van der Waals surface area contributed by atoms with Crippen LogP contribution in [0, 0.1) is 17.2 Å². The Morgan fingerprint density at radius 3 is 2.45 bits per heavy atom. The van der Waals surface area contributed by atoms with Crippen LogP contribution in [0.2, 0.25) is 0 Å². The molecule has 5 nitrogen and oxygen atoms in total. The number of nitrogens with zero attached hydrogens (tertiary/aromatic N) is 2. The Hall–Kier alpha value is -2.91. The maximum Gasteiger partial charge on any atom is 0.166 e. The lowest BCUT2D eigenvalue weighted by atomic mass is 9.79. The van der Waals surface area contributed by atoms with Crippen molar-refractivity contribution in [3.8, 4) is 17.6 Å². The zero-order valence-corrected chi connectivity index (χ0v) is 19.1. The zero-order chi connectivity index (χ0) is 23.2. The van der Waals surface area contributed by atoms with Gasteiger partial charge in [-0.2, -0.15) is 5.26 Å². The van der Waals surface area contributed by atoms with E-state index in [4.69, 9.17) is 9.47 Å². The number of halogens is 1. The number of rotatable bonds is 6. The van der Waals surface area contributed by atoms with Gasteiger partial charge in [-0.05, 0) is 67.9 Å². The fourth-order valence-electron chi connectivity index (χ4n) is 6.27. The van der Waals surface area contributed by atoms with Crippen LogP contribution in [0.4, 0.5) is 4.39 Å². The van der Waals surface area contributed by atoms with E-state index in [1.54, 1.807) is 20.3 Å². The number of ketones is 1. The molecule has 0 saturated carbocycles. The van der Waals surface area contributed by atoms with E-state index in [1.165, 1.54) is 0 Å². The van der Waals surface area contributed by atoms with Gasteiger partial charge in [0.15, 0.2) is 17.3 Å². The van der Waals surface area contributed by atoms with Gasteiger partial charge in [0, 0.05) is 30.1 Å². The Labute approximate surface area is 194 Å². The largest absolute Gasteiger partial charge is 0.493 e. The summed E-state index contributed by atoms with van der Waals surface area (Å²) in [5.74, 6) is 0.806. The van der Waals surface area contributed by atoms with Gasteiger partial charge in [0.2, 0.25) is 0 Å². The first-order valence-electron chi connectivity index (χ1n) is 11.7. The van der Waals surface area contributed by atoms with Crippen molar-refractivity contribution in [3.63, 3.8) is 0 Å². The van der Waals surface area contributed by atoms with Crippen LogP contribution in [0.25, 0.3) is 0 Å². The molecule has 2 bridgehead atoms. The number of piperidine rings is 1. The summed E-state index contributed by atoms with van der Waals surface area (Å²) in [6, 6.07) is 13.8. The first kappa shape index (κ1) is 21.9. The average Bonchev–Trinajstić information content (AvgIpc) is 3.25. The standard InChI is InChI=1S/C27H29FN2O3/c1-32-24-10-19-9-20(26(31)23(19)11-25(24)33-2)12-27(28)13-21-7-8-22(14-27)30(21)16-18-6-4-3-5-17(18)15-29/h3-6,10-11,20-22H,7-9,12-14,16H2,1-2H3. The second kappa shape index (κ2) is 8.46. The predicted octanol–water partition coefficient (Wildman–Crippen LogP) is 4.86. The topological polar surface area (TPSA) is 62.6 Å². The molecule has 2 aromatic carbocycles. The van der Waals surface area contributed by atoms with Crippen molar-refractivity contribution >= 4 is 5.78 Å². The number of ether oxygens (including phenoxy) is 2. The molecular formula is C27H29FN2O3. The summed E-state index contributed by atoms with van der Waals surface area (Å²) < 4.78 is 27.0. The first-order valence-corrected chi connectivity index (χ1v) is 11.7. The average molecular weight is 449 g/mol. The molecule has 2 aromatic rings. The molecule has 3 unspecified atom stereocenters. The second-order valence-corrected chi connectivity index (χ2v) is 9.72. The number of hydrogen-bond donors (Lipinski definition) is 0. The Bertz CT molecular complexity index is 1110. The van der Waals surface area contributed by atoms with Gasteiger partial charge in [0.05, 0.1) is 25.9 Å². The molecule has 2 aliphatic heterocycles. The summed E-state index contributed by atoms with van der Waals surface area (Å²) in [6.07, 6.45) is 3.65. The van der Waals surface area contributed by atoms with E-state index >= 15 is 4.39 Å². The molecule has 172 valence electrons. The summed E-state index contributed by atoms with van der Waals surface area (Å²) in [4.78, 5) is 15.5. The molecule has 2 heterocycles. The van der Waals surface area contributed by atoms with Crippen LogP contribution in [0.15, 0.2) is 36.4 Å². The molecule has 0 N–H and O–H groups in total. The fourth-order valence-corrected chi connectivity index (χ4v) is 6.27. The third kappa shape index (κ3) is 3.89. The van der Waals surface area contributed by atoms with Gasteiger partial charge in [-0.25, -0.2) is 4.39 Å². The Morgan fingerprint density at radius 1 is 1.12 bits per heavy atom. The maximum absolute atomic E-state index is 16.2. The first-order chi connectivity index (χ1) is 15.9. The van der Waals surface area contributed by atoms with Gasteiger partial charge < -0.3 is 9.47 Å². The number of nitriles is 1. The van der Waals surface area contributed by atoms with Crippen LogP contribution in [-0.4, -0.2) is 42.7 Å². The summed E-state index contributed by atoms with van der Waals surface area (Å²) in [7, 11) is 3.13. The Kier molecular flexibility index (Phi) is 5.62. The quantitative estimate of drug-likeness (QED) is 0.632. The van der Waals surface area contributed by atoms with Crippen LogP contribution in [0.1, 0.15) is 59.2 Å². The monoisotopic (exact) mass is 448 g/mol. The molecule has 3 atom stereocenters. The van der Waals surface area contributed by atoms with Gasteiger partial charge in [0.25, 0.3) is 0 Å². The minimum atomic E-state index is -1.34. The van der Waals surface area contributed by atoms with Crippen molar-refractivity contribution in [1.29, 1.82) is 5.26 Å². The second-order valence-electron chi connectivity index (χ2n) is 9.72. The highest BCUT2D eigenvalue weighted by Crippen LogP contribution is 2.48. The van der Waals surface area contributed by atoms with Crippen molar-refractivity contribution in [3.05, 3.63) is 58.7 Å². The van der Waals surface area contributed by atoms with E-state index in [0.717, 1.165) is 24.0 Å². The fraction of sp³-hybridized carbons (Fsp3) is 0.481. The Balaban J connectivity index is 1.30. The summed E-state index contributed by atoms with van der Waals surface area (Å²) in [5, 5.41) is 9.43. The number of carbonyl (C=O) groups excluding carboxylic acids is 1. The molecule has 2 saturated heterocycles. The van der Waals surface area contributed by atoms with Gasteiger partial charge >= 0.3 is 0 Å². The van der Waals surface area contributed by atoms with Gasteiger partial charge in [-0.1, -0.05) is 18.2 Å². The number of benzene rings is 2. The smallest absolute Gasteiger partial charge is 0.166 e. The molecule has 2 fully saturated rings. The van der Waals surface area contributed by atoms with Gasteiger partial charge in [0.1, 0.15) is 5.67 Å². The third-order valence-corrected chi connectivity index (χ3v) is 7.79. The van der Waals surface area contributed by atoms with Crippen LogP contribution in [0.3, 0.4) is 0 Å². The van der Waals surface area contributed by atoms with E-state index < -0.39 is 5.67 Å². The molecule has 1 aliphatic carbocycles. The Morgan fingerprint density at radius 2 is 1.79 bits per heavy atom. The number of fused-ring (bicyclic) bond motifs is 3.